The summed E-state index contributed by atoms with van der Waals surface area (Å²) in [4.78, 5) is 1.15. The molecule has 1 aromatic carbocycles. The van der Waals surface area contributed by atoms with E-state index >= 15 is 0 Å². The highest BCUT2D eigenvalue weighted by Crippen LogP contribution is 2.47. The highest BCUT2D eigenvalue weighted by molar-refractivity contribution is 7.10. The van der Waals surface area contributed by atoms with Crippen LogP contribution in [0.3, 0.4) is 0 Å². The van der Waals surface area contributed by atoms with Gasteiger partial charge in [0.2, 0.25) is 5.88 Å². The summed E-state index contributed by atoms with van der Waals surface area (Å²) >= 11 is 1.66. The van der Waals surface area contributed by atoms with Crippen LogP contribution in [-0.2, 0) is 11.2 Å². The Kier molecular flexibility index (Phi) is 3.02. The Balaban J connectivity index is 1.93. The molecule has 0 radical (unpaired) electrons. The Morgan fingerprint density at radius 2 is 2.05 bits per heavy atom. The minimum atomic E-state index is -0.0675. The molecule has 22 heavy (non-hydrogen) atoms. The van der Waals surface area contributed by atoms with Crippen LogP contribution in [0.1, 0.15) is 28.3 Å². The van der Waals surface area contributed by atoms with E-state index in [2.05, 4.69) is 24.3 Å². The zero-order valence-corrected chi connectivity index (χ0v) is 12.7. The number of benzene rings is 1. The molecule has 0 saturated carbocycles. The maximum absolute atomic E-state index is 9.53. The van der Waals surface area contributed by atoms with Crippen LogP contribution in [0.4, 0.5) is 0 Å². The number of rotatable bonds is 1. The highest BCUT2D eigenvalue weighted by Gasteiger charge is 2.36. The molecule has 1 aliphatic carbocycles. The number of nitrogens with two attached hydrogens (primary N) is 1. The molecular weight excluding hydrogens is 292 g/mol. The molecule has 2 aromatic rings. The number of nitrogens with zero attached hydrogens (tertiary/aromatic N) is 1. The van der Waals surface area contributed by atoms with Gasteiger partial charge in [0.1, 0.15) is 17.4 Å². The van der Waals surface area contributed by atoms with E-state index in [-0.39, 0.29) is 11.8 Å². The maximum atomic E-state index is 9.53. The first-order chi connectivity index (χ1) is 10.8. The van der Waals surface area contributed by atoms with Crippen LogP contribution in [0.5, 0.6) is 0 Å². The maximum Gasteiger partial charge on any atom is 0.205 e. The lowest BCUT2D eigenvalue weighted by Gasteiger charge is -2.32. The number of thiophene rings is 1. The summed E-state index contributed by atoms with van der Waals surface area (Å²) in [6.45, 7) is 0. The Hall–Kier alpha value is -2.51. The van der Waals surface area contributed by atoms with E-state index in [9.17, 15) is 5.26 Å². The van der Waals surface area contributed by atoms with Crippen molar-refractivity contribution in [1.82, 2.24) is 0 Å². The number of fused-ring (bicyclic) bond motifs is 2. The van der Waals surface area contributed by atoms with E-state index in [0.717, 1.165) is 29.0 Å². The Morgan fingerprint density at radius 1 is 1.18 bits per heavy atom. The third-order valence-corrected chi connectivity index (χ3v) is 5.22. The lowest BCUT2D eigenvalue weighted by Crippen LogP contribution is -2.22. The molecule has 2 N–H and O–H groups in total. The van der Waals surface area contributed by atoms with Gasteiger partial charge in [-0.25, -0.2) is 0 Å². The lowest BCUT2D eigenvalue weighted by molar-refractivity contribution is 0.350. The second-order valence-corrected chi connectivity index (χ2v) is 6.43. The topological polar surface area (TPSA) is 59.0 Å². The van der Waals surface area contributed by atoms with Gasteiger partial charge in [0.05, 0.1) is 5.92 Å². The fourth-order valence-electron chi connectivity index (χ4n) is 3.28. The number of ether oxygens (including phenoxy) is 1. The van der Waals surface area contributed by atoms with Gasteiger partial charge in [-0.1, -0.05) is 30.3 Å². The predicted molar refractivity (Wildman–Crippen MR) is 86.7 cm³/mol. The van der Waals surface area contributed by atoms with Crippen molar-refractivity contribution in [2.45, 2.75) is 18.8 Å². The summed E-state index contributed by atoms with van der Waals surface area (Å²) < 4.78 is 5.87. The van der Waals surface area contributed by atoms with Crippen molar-refractivity contribution in [3.8, 4) is 6.07 Å². The minimum absolute atomic E-state index is 0.0675. The molecule has 0 spiro atoms. The van der Waals surface area contributed by atoms with Crippen LogP contribution >= 0.6 is 11.3 Å². The van der Waals surface area contributed by atoms with Gasteiger partial charge in [-0.05, 0) is 35.4 Å². The fourth-order valence-corrected chi connectivity index (χ4v) is 4.15. The van der Waals surface area contributed by atoms with Crippen molar-refractivity contribution in [3.63, 3.8) is 0 Å². The number of hydrogen-bond donors (Lipinski definition) is 1. The van der Waals surface area contributed by atoms with Gasteiger partial charge in [-0.15, -0.1) is 11.3 Å². The average Bonchev–Trinajstić information content (AvgIpc) is 3.07. The van der Waals surface area contributed by atoms with Crippen molar-refractivity contribution in [2.24, 2.45) is 5.73 Å². The van der Waals surface area contributed by atoms with Crippen LogP contribution in [0, 0.1) is 11.3 Å². The first kappa shape index (κ1) is 13.2. The van der Waals surface area contributed by atoms with Crippen molar-refractivity contribution in [3.05, 3.63) is 74.8 Å². The average molecular weight is 306 g/mol. The molecule has 2 aliphatic rings. The zero-order chi connectivity index (χ0) is 15.1. The van der Waals surface area contributed by atoms with Gasteiger partial charge in [0, 0.05) is 10.4 Å². The van der Waals surface area contributed by atoms with Gasteiger partial charge >= 0.3 is 0 Å². The number of allylic oxidation sites excluding steroid dienone is 2. The Bertz CT molecular complexity index is 840. The quantitative estimate of drug-likeness (QED) is 0.869. The predicted octanol–water partition coefficient (Wildman–Crippen LogP) is 3.91. The molecule has 1 atom stereocenters. The molecule has 1 aromatic heterocycles. The van der Waals surface area contributed by atoms with Crippen molar-refractivity contribution in [2.75, 3.05) is 0 Å². The molecule has 4 rings (SSSR count). The SMILES string of the molecule is N#CC1=C(N)OC2=C(CCc3ccccc32)C1c1cccs1. The van der Waals surface area contributed by atoms with Crippen LogP contribution in [-0.4, -0.2) is 0 Å². The fraction of sp³-hybridized carbons (Fsp3) is 0.167. The van der Waals surface area contributed by atoms with E-state index in [4.69, 9.17) is 10.5 Å². The van der Waals surface area contributed by atoms with Gasteiger partial charge in [0.15, 0.2) is 0 Å². The molecule has 0 amide bonds. The van der Waals surface area contributed by atoms with Gasteiger partial charge < -0.3 is 10.5 Å². The van der Waals surface area contributed by atoms with Crippen LogP contribution in [0.2, 0.25) is 0 Å². The molecule has 2 heterocycles. The molecule has 0 saturated heterocycles. The summed E-state index contributed by atoms with van der Waals surface area (Å²) in [6.07, 6.45) is 1.87. The summed E-state index contributed by atoms with van der Waals surface area (Å²) in [5.74, 6) is 1.01. The van der Waals surface area contributed by atoms with E-state index < -0.39 is 0 Å². The normalized spacial score (nSPS) is 20.0. The van der Waals surface area contributed by atoms with E-state index in [0.29, 0.717) is 5.57 Å². The molecule has 3 nitrogen and oxygen atoms in total. The molecular formula is C18H14N2OS. The summed E-state index contributed by atoms with van der Waals surface area (Å²) in [6, 6.07) is 14.6. The summed E-state index contributed by atoms with van der Waals surface area (Å²) in [7, 11) is 0. The third kappa shape index (κ3) is 1.87. The third-order valence-electron chi connectivity index (χ3n) is 4.28. The first-order valence-electron chi connectivity index (χ1n) is 7.22. The van der Waals surface area contributed by atoms with Crippen LogP contribution in [0.15, 0.2) is 58.8 Å². The second kappa shape index (κ2) is 5.04. The number of aryl methyl sites for hydroxylation is 1. The molecule has 1 aliphatic heterocycles. The number of nitriles is 1. The first-order valence-corrected chi connectivity index (χ1v) is 8.10. The van der Waals surface area contributed by atoms with Crippen molar-refractivity contribution in [1.29, 1.82) is 5.26 Å². The second-order valence-electron chi connectivity index (χ2n) is 5.45. The Labute approximate surface area is 133 Å². The summed E-state index contributed by atoms with van der Waals surface area (Å²) in [5.41, 5.74) is 10.1. The molecule has 108 valence electrons. The molecule has 1 unspecified atom stereocenters. The van der Waals surface area contributed by atoms with Gasteiger partial charge in [-0.2, -0.15) is 5.26 Å². The highest BCUT2D eigenvalue weighted by atomic mass is 32.1. The van der Waals surface area contributed by atoms with Gasteiger partial charge in [0.25, 0.3) is 0 Å². The van der Waals surface area contributed by atoms with E-state index in [1.54, 1.807) is 11.3 Å². The molecule has 4 heteroatoms. The summed E-state index contributed by atoms with van der Waals surface area (Å²) in [5, 5.41) is 11.6. The molecule has 0 bridgehead atoms. The monoisotopic (exact) mass is 306 g/mol. The number of hydrogen-bond acceptors (Lipinski definition) is 4. The van der Waals surface area contributed by atoms with E-state index in [1.165, 1.54) is 11.1 Å². The van der Waals surface area contributed by atoms with Crippen molar-refractivity contribution >= 4 is 17.1 Å². The van der Waals surface area contributed by atoms with Gasteiger partial charge in [-0.3, -0.25) is 0 Å². The van der Waals surface area contributed by atoms with Crippen molar-refractivity contribution < 1.29 is 4.74 Å². The minimum Gasteiger partial charge on any atom is -0.440 e. The van der Waals surface area contributed by atoms with Crippen LogP contribution in [0.25, 0.3) is 5.76 Å². The lowest BCUT2D eigenvalue weighted by atomic mass is 9.79. The largest absolute Gasteiger partial charge is 0.440 e. The molecule has 0 fully saturated rings. The van der Waals surface area contributed by atoms with E-state index in [1.807, 2.05) is 23.6 Å². The standard InChI is InChI=1S/C18H14N2OS/c19-10-14-16(15-6-3-9-22-15)13-8-7-11-4-1-2-5-12(11)17(13)21-18(14)20/h1-6,9,16H,7-8,20H2. The van der Waals surface area contributed by atoms with Crippen LogP contribution < -0.4 is 5.73 Å². The zero-order valence-electron chi connectivity index (χ0n) is 11.9. The Morgan fingerprint density at radius 3 is 2.82 bits per heavy atom. The smallest absolute Gasteiger partial charge is 0.205 e.